The maximum Gasteiger partial charge on any atom is 0.253 e. The van der Waals surface area contributed by atoms with E-state index in [9.17, 15) is 14.4 Å². The standard InChI is InChI=1S/C34H42N4O3/c1-5-38(28-10-7-6-8-11-28)31-20-27(25-12-14-26(15-13-25)34(41)37-16-9-17-37)19-29(24(31)4)32(39)35-21-30-22(2)18-23(3)36-33(30)40/h12-15,18-20,28H,5-11,16-17,21H2,1-4H3,(H,35,39)(H,36,40). The van der Waals surface area contributed by atoms with Crippen LogP contribution in [0.15, 0.2) is 47.3 Å². The summed E-state index contributed by atoms with van der Waals surface area (Å²) in [6.45, 7) is 10.6. The summed E-state index contributed by atoms with van der Waals surface area (Å²) >= 11 is 0. The first-order valence-electron chi connectivity index (χ1n) is 15.1. The Labute approximate surface area is 243 Å². The Hall–Kier alpha value is -3.87. The van der Waals surface area contributed by atoms with Crippen molar-refractivity contribution in [2.45, 2.75) is 78.8 Å². The molecule has 0 unspecified atom stereocenters. The van der Waals surface area contributed by atoms with Crippen LogP contribution in [0.25, 0.3) is 11.1 Å². The van der Waals surface area contributed by atoms with Gasteiger partial charge in [0.05, 0.1) is 0 Å². The molecular weight excluding hydrogens is 512 g/mol. The van der Waals surface area contributed by atoms with Crippen molar-refractivity contribution < 1.29 is 9.59 Å². The Balaban J connectivity index is 1.50. The van der Waals surface area contributed by atoms with Gasteiger partial charge in [0, 0.05) is 60.3 Å². The number of carbonyl (C=O) groups excluding carboxylic acids is 2. The molecule has 0 bridgehead atoms. The number of aromatic amines is 1. The first-order valence-corrected chi connectivity index (χ1v) is 15.1. The number of rotatable bonds is 8. The van der Waals surface area contributed by atoms with Crippen molar-refractivity contribution >= 4 is 17.5 Å². The van der Waals surface area contributed by atoms with Gasteiger partial charge in [0.15, 0.2) is 0 Å². The Bertz CT molecular complexity index is 1480. The molecule has 41 heavy (non-hydrogen) atoms. The van der Waals surface area contributed by atoms with Crippen LogP contribution in [0.5, 0.6) is 0 Å². The molecule has 0 atom stereocenters. The number of nitrogens with one attached hydrogen (secondary N) is 2. The molecule has 1 aliphatic carbocycles. The third-order valence-corrected chi connectivity index (χ3v) is 8.82. The molecule has 1 aromatic heterocycles. The van der Waals surface area contributed by atoms with E-state index in [0.29, 0.717) is 22.7 Å². The lowest BCUT2D eigenvalue weighted by Crippen LogP contribution is -2.41. The van der Waals surface area contributed by atoms with Gasteiger partial charge in [0.25, 0.3) is 17.4 Å². The molecule has 5 rings (SSSR count). The van der Waals surface area contributed by atoms with Gasteiger partial charge in [-0.15, -0.1) is 0 Å². The van der Waals surface area contributed by atoms with E-state index in [1.54, 1.807) is 0 Å². The van der Waals surface area contributed by atoms with Gasteiger partial charge in [-0.3, -0.25) is 14.4 Å². The van der Waals surface area contributed by atoms with Crippen molar-refractivity contribution in [1.29, 1.82) is 0 Å². The van der Waals surface area contributed by atoms with E-state index in [0.717, 1.165) is 72.5 Å². The van der Waals surface area contributed by atoms with Crippen molar-refractivity contribution in [2.75, 3.05) is 24.5 Å². The number of hydrogen-bond acceptors (Lipinski definition) is 4. The lowest BCUT2D eigenvalue weighted by atomic mass is 9.91. The molecule has 1 saturated carbocycles. The van der Waals surface area contributed by atoms with E-state index in [1.807, 2.05) is 62.1 Å². The number of pyridine rings is 1. The monoisotopic (exact) mass is 554 g/mol. The molecule has 2 aliphatic rings. The summed E-state index contributed by atoms with van der Waals surface area (Å²) in [6, 6.07) is 14.3. The molecule has 2 aromatic carbocycles. The van der Waals surface area contributed by atoms with Crippen LogP contribution in [0, 0.1) is 20.8 Å². The average Bonchev–Trinajstić information content (AvgIpc) is 2.93. The summed E-state index contributed by atoms with van der Waals surface area (Å²) in [4.78, 5) is 46.2. The van der Waals surface area contributed by atoms with Crippen LogP contribution in [0.2, 0.25) is 0 Å². The number of likely N-dealkylation sites (tertiary alicyclic amines) is 1. The first-order chi connectivity index (χ1) is 19.8. The van der Waals surface area contributed by atoms with Crippen molar-refractivity contribution in [1.82, 2.24) is 15.2 Å². The third kappa shape index (κ3) is 6.09. The molecule has 7 heteroatoms. The fourth-order valence-electron chi connectivity index (χ4n) is 6.29. The van der Waals surface area contributed by atoms with Crippen molar-refractivity contribution in [2.24, 2.45) is 0 Å². The minimum atomic E-state index is -0.200. The smallest absolute Gasteiger partial charge is 0.253 e. The number of carbonyl (C=O) groups is 2. The van der Waals surface area contributed by atoms with Crippen LogP contribution in [-0.2, 0) is 6.54 Å². The minimum absolute atomic E-state index is 0.0725. The van der Waals surface area contributed by atoms with Crippen LogP contribution in [0.3, 0.4) is 0 Å². The van der Waals surface area contributed by atoms with E-state index < -0.39 is 0 Å². The van der Waals surface area contributed by atoms with E-state index in [2.05, 4.69) is 28.2 Å². The van der Waals surface area contributed by atoms with Gasteiger partial charge in [-0.05, 0) is 99.5 Å². The molecule has 1 saturated heterocycles. The quantitative estimate of drug-likeness (QED) is 0.363. The fourth-order valence-corrected chi connectivity index (χ4v) is 6.29. The Morgan fingerprint density at radius 2 is 1.66 bits per heavy atom. The van der Waals surface area contributed by atoms with Gasteiger partial charge in [-0.25, -0.2) is 0 Å². The van der Waals surface area contributed by atoms with Gasteiger partial charge in [-0.2, -0.15) is 0 Å². The molecule has 216 valence electrons. The highest BCUT2D eigenvalue weighted by Crippen LogP contribution is 2.35. The second-order valence-corrected chi connectivity index (χ2v) is 11.6. The summed E-state index contributed by atoms with van der Waals surface area (Å²) in [7, 11) is 0. The summed E-state index contributed by atoms with van der Waals surface area (Å²) in [5.74, 6) is -0.127. The molecular formula is C34H42N4O3. The zero-order valence-electron chi connectivity index (χ0n) is 24.8. The maximum absolute atomic E-state index is 13.7. The van der Waals surface area contributed by atoms with Crippen molar-refractivity contribution in [3.8, 4) is 11.1 Å². The highest BCUT2D eigenvalue weighted by atomic mass is 16.2. The van der Waals surface area contributed by atoms with Crippen molar-refractivity contribution in [3.05, 3.63) is 86.3 Å². The average molecular weight is 555 g/mol. The van der Waals surface area contributed by atoms with E-state index in [4.69, 9.17) is 0 Å². The molecule has 1 aliphatic heterocycles. The topological polar surface area (TPSA) is 85.5 Å². The Morgan fingerprint density at radius 1 is 0.951 bits per heavy atom. The second-order valence-electron chi connectivity index (χ2n) is 11.6. The van der Waals surface area contributed by atoms with E-state index >= 15 is 0 Å². The molecule has 2 heterocycles. The molecule has 0 spiro atoms. The Morgan fingerprint density at radius 3 is 2.27 bits per heavy atom. The summed E-state index contributed by atoms with van der Waals surface area (Å²) < 4.78 is 0. The number of hydrogen-bond donors (Lipinski definition) is 2. The van der Waals surface area contributed by atoms with Crippen LogP contribution >= 0.6 is 0 Å². The molecule has 7 nitrogen and oxygen atoms in total. The van der Waals surface area contributed by atoms with Crippen LogP contribution in [-0.4, -0.2) is 47.4 Å². The predicted octanol–water partition coefficient (Wildman–Crippen LogP) is 5.90. The van der Waals surface area contributed by atoms with Gasteiger partial charge < -0.3 is 20.1 Å². The molecule has 0 radical (unpaired) electrons. The number of aryl methyl sites for hydroxylation is 2. The highest BCUT2D eigenvalue weighted by molar-refractivity contribution is 5.99. The number of H-pyrrole nitrogens is 1. The first kappa shape index (κ1) is 28.7. The normalized spacial score (nSPS) is 15.4. The van der Waals surface area contributed by atoms with Crippen LogP contribution in [0.4, 0.5) is 5.69 Å². The summed E-state index contributed by atoms with van der Waals surface area (Å²) in [6.07, 6.45) is 7.10. The number of anilines is 1. The second kappa shape index (κ2) is 12.3. The molecule has 2 amide bonds. The lowest BCUT2D eigenvalue weighted by Gasteiger charge is -2.37. The maximum atomic E-state index is 13.7. The largest absolute Gasteiger partial charge is 0.369 e. The zero-order chi connectivity index (χ0) is 29.1. The number of nitrogens with zero attached hydrogens (tertiary/aromatic N) is 2. The predicted molar refractivity (Wildman–Crippen MR) is 165 cm³/mol. The van der Waals surface area contributed by atoms with E-state index in [-0.39, 0.29) is 23.9 Å². The van der Waals surface area contributed by atoms with E-state index in [1.165, 1.54) is 19.3 Å². The van der Waals surface area contributed by atoms with Crippen molar-refractivity contribution in [3.63, 3.8) is 0 Å². The number of aromatic nitrogens is 1. The minimum Gasteiger partial charge on any atom is -0.369 e. The van der Waals surface area contributed by atoms with Gasteiger partial charge in [0.1, 0.15) is 0 Å². The molecule has 2 fully saturated rings. The number of benzene rings is 2. The Kier molecular flexibility index (Phi) is 8.62. The molecule has 3 aromatic rings. The van der Waals surface area contributed by atoms with Crippen LogP contribution < -0.4 is 15.8 Å². The SMILES string of the molecule is CCN(c1cc(-c2ccc(C(=O)N3CCC3)cc2)cc(C(=O)NCc2c(C)cc(C)[nH]c2=O)c1C)C1CCCCC1. The lowest BCUT2D eigenvalue weighted by molar-refractivity contribution is 0.0651. The number of amides is 2. The zero-order valence-corrected chi connectivity index (χ0v) is 24.8. The third-order valence-electron chi connectivity index (χ3n) is 8.82. The van der Waals surface area contributed by atoms with Gasteiger partial charge in [-0.1, -0.05) is 31.4 Å². The summed E-state index contributed by atoms with van der Waals surface area (Å²) in [5.41, 5.74) is 7.28. The van der Waals surface area contributed by atoms with Gasteiger partial charge in [0.2, 0.25) is 0 Å². The fraction of sp³-hybridized carbons (Fsp3) is 0.441. The van der Waals surface area contributed by atoms with Crippen LogP contribution in [0.1, 0.15) is 88.5 Å². The molecule has 2 N–H and O–H groups in total. The summed E-state index contributed by atoms with van der Waals surface area (Å²) in [5, 5.41) is 3.02. The highest BCUT2D eigenvalue weighted by Gasteiger charge is 2.25. The van der Waals surface area contributed by atoms with Gasteiger partial charge >= 0.3 is 0 Å².